The third kappa shape index (κ3) is 6.24. The van der Waals surface area contributed by atoms with Gasteiger partial charge in [0.25, 0.3) is 5.91 Å². The number of carbonyl (C=O) groups is 2. The van der Waals surface area contributed by atoms with Crippen molar-refractivity contribution >= 4 is 11.8 Å². The molecule has 0 saturated carbocycles. The van der Waals surface area contributed by atoms with Crippen LogP contribution < -0.4 is 10.1 Å². The summed E-state index contributed by atoms with van der Waals surface area (Å²) in [4.78, 5) is 32.8. The molecule has 3 heterocycles. The first-order chi connectivity index (χ1) is 16.9. The fourth-order valence-corrected chi connectivity index (χ4v) is 5.49. The van der Waals surface area contributed by atoms with Crippen LogP contribution in [0.3, 0.4) is 0 Å². The second-order valence-corrected chi connectivity index (χ2v) is 10.8. The van der Waals surface area contributed by atoms with E-state index < -0.39 is 5.41 Å². The van der Waals surface area contributed by atoms with Gasteiger partial charge in [0.05, 0.1) is 17.8 Å². The summed E-state index contributed by atoms with van der Waals surface area (Å²) in [5.41, 5.74) is 1.28. The van der Waals surface area contributed by atoms with Gasteiger partial charge in [0.1, 0.15) is 18.1 Å². The van der Waals surface area contributed by atoms with E-state index >= 15 is 0 Å². The van der Waals surface area contributed by atoms with Crippen LogP contribution in [0.4, 0.5) is 0 Å². The number of para-hydroxylation sites is 1. The fraction of sp³-hybridized carbons (Fsp3) is 0.607. The summed E-state index contributed by atoms with van der Waals surface area (Å²) >= 11 is 0. The number of hydrogen-bond acceptors (Lipinski definition) is 4. The van der Waals surface area contributed by atoms with Crippen LogP contribution >= 0.6 is 0 Å². The van der Waals surface area contributed by atoms with Crippen LogP contribution in [0, 0.1) is 11.3 Å². The van der Waals surface area contributed by atoms with Gasteiger partial charge in [-0.3, -0.25) is 9.59 Å². The molecule has 7 heteroatoms. The van der Waals surface area contributed by atoms with Crippen LogP contribution in [0.1, 0.15) is 74.8 Å². The van der Waals surface area contributed by atoms with Crippen LogP contribution in [0.2, 0.25) is 0 Å². The van der Waals surface area contributed by atoms with E-state index in [1.807, 2.05) is 24.1 Å². The largest absolute Gasteiger partial charge is 0.491 e. The van der Waals surface area contributed by atoms with E-state index in [-0.39, 0.29) is 17.9 Å². The Kier molecular flexibility index (Phi) is 8.14. The SMILES string of the molecule is CC(C)C[C@H]1COc2ccccc2CCCCCC2(CCN(C(=O)c3cn(C)cn3)CC2)C(=O)N1. The number of benzene rings is 1. The molecule has 2 aromatic rings. The molecule has 2 aliphatic rings. The minimum atomic E-state index is -0.434. The molecule has 7 nitrogen and oxygen atoms in total. The van der Waals surface area contributed by atoms with Crippen molar-refractivity contribution in [1.29, 1.82) is 0 Å². The number of nitrogens with one attached hydrogen (secondary N) is 1. The van der Waals surface area contributed by atoms with E-state index in [0.717, 1.165) is 44.3 Å². The van der Waals surface area contributed by atoms with E-state index in [1.54, 1.807) is 17.1 Å². The lowest BCUT2D eigenvalue weighted by Gasteiger charge is -2.41. The average molecular weight is 481 g/mol. The van der Waals surface area contributed by atoms with Crippen molar-refractivity contribution in [3.05, 3.63) is 48.0 Å². The van der Waals surface area contributed by atoms with Gasteiger partial charge >= 0.3 is 0 Å². The van der Waals surface area contributed by atoms with Gasteiger partial charge in [0, 0.05) is 26.3 Å². The van der Waals surface area contributed by atoms with E-state index in [1.165, 1.54) is 5.56 Å². The molecule has 1 spiro atoms. The smallest absolute Gasteiger partial charge is 0.274 e. The van der Waals surface area contributed by atoms with E-state index in [2.05, 4.69) is 36.3 Å². The van der Waals surface area contributed by atoms with Gasteiger partial charge in [-0.05, 0) is 56.1 Å². The summed E-state index contributed by atoms with van der Waals surface area (Å²) in [7, 11) is 1.86. The second-order valence-electron chi connectivity index (χ2n) is 10.8. The Labute approximate surface area is 209 Å². The highest BCUT2D eigenvalue weighted by Gasteiger charge is 2.42. The van der Waals surface area contributed by atoms with Crippen molar-refractivity contribution in [2.75, 3.05) is 19.7 Å². The molecular formula is C28H40N4O3. The zero-order valence-corrected chi connectivity index (χ0v) is 21.5. The highest BCUT2D eigenvalue weighted by molar-refractivity contribution is 5.92. The predicted octanol–water partition coefficient (Wildman–Crippen LogP) is 4.37. The van der Waals surface area contributed by atoms with Crippen molar-refractivity contribution in [1.82, 2.24) is 19.8 Å². The standard InChI is InChI=1S/C28H40N4O3/c1-21(2)17-23-19-35-25-11-7-6-10-22(25)9-5-4-8-12-28(27(34)30-23)13-15-32(16-14-28)26(33)24-18-31(3)20-29-24/h6-7,10-11,18,20-21,23H,4-5,8-9,12-17,19H2,1-3H3,(H,30,34)/t23-/m0/s1. The minimum absolute atomic E-state index is 0.0404. The van der Waals surface area contributed by atoms with Crippen LogP contribution in [0.5, 0.6) is 5.75 Å². The molecule has 2 amide bonds. The van der Waals surface area contributed by atoms with Crippen molar-refractivity contribution in [2.45, 2.75) is 71.3 Å². The molecule has 35 heavy (non-hydrogen) atoms. The van der Waals surface area contributed by atoms with Crippen LogP contribution in [0.15, 0.2) is 36.8 Å². The second kappa shape index (κ2) is 11.3. The number of nitrogens with zero attached hydrogens (tertiary/aromatic N) is 3. The zero-order chi connectivity index (χ0) is 24.8. The third-order valence-electron chi connectivity index (χ3n) is 7.52. The third-order valence-corrected chi connectivity index (χ3v) is 7.52. The molecule has 1 N–H and O–H groups in total. The lowest BCUT2D eigenvalue weighted by Crippen LogP contribution is -2.53. The first-order valence-corrected chi connectivity index (χ1v) is 13.2. The summed E-state index contributed by atoms with van der Waals surface area (Å²) in [6.07, 6.45) is 10.7. The van der Waals surface area contributed by atoms with Crippen molar-refractivity contribution < 1.29 is 14.3 Å². The Morgan fingerprint density at radius 2 is 1.94 bits per heavy atom. The first-order valence-electron chi connectivity index (χ1n) is 13.2. The van der Waals surface area contributed by atoms with Crippen LogP contribution in [-0.2, 0) is 18.3 Å². The molecule has 1 saturated heterocycles. The summed E-state index contributed by atoms with van der Waals surface area (Å²) in [6, 6.07) is 8.24. The Hall–Kier alpha value is -2.83. The number of aryl methyl sites for hydroxylation is 2. The molecule has 0 bridgehead atoms. The topological polar surface area (TPSA) is 76.5 Å². The van der Waals surface area contributed by atoms with E-state index in [9.17, 15) is 9.59 Å². The van der Waals surface area contributed by atoms with E-state index in [4.69, 9.17) is 4.74 Å². The number of ether oxygens (including phenoxy) is 1. The minimum Gasteiger partial charge on any atom is -0.491 e. The molecule has 1 aromatic carbocycles. The molecule has 1 fully saturated rings. The van der Waals surface area contributed by atoms with Gasteiger partial charge in [-0.15, -0.1) is 0 Å². The highest BCUT2D eigenvalue weighted by Crippen LogP contribution is 2.38. The quantitative estimate of drug-likeness (QED) is 0.708. The van der Waals surface area contributed by atoms with Crippen molar-refractivity contribution in [3.63, 3.8) is 0 Å². The molecular weight excluding hydrogens is 440 g/mol. The van der Waals surface area contributed by atoms with Crippen molar-refractivity contribution in [2.24, 2.45) is 18.4 Å². The summed E-state index contributed by atoms with van der Waals surface area (Å²) in [5, 5.41) is 3.37. The molecule has 0 aliphatic carbocycles. The highest BCUT2D eigenvalue weighted by atomic mass is 16.5. The Balaban J connectivity index is 1.49. The lowest BCUT2D eigenvalue weighted by molar-refractivity contribution is -0.135. The number of imidazole rings is 1. The number of fused-ring (bicyclic) bond motifs is 1. The monoisotopic (exact) mass is 480 g/mol. The van der Waals surface area contributed by atoms with Crippen LogP contribution in [-0.4, -0.2) is 52.0 Å². The molecule has 0 radical (unpaired) electrons. The van der Waals surface area contributed by atoms with Gasteiger partial charge in [-0.1, -0.05) is 44.9 Å². The number of likely N-dealkylation sites (tertiary alicyclic amines) is 1. The molecule has 2 aliphatic heterocycles. The summed E-state index contributed by atoms with van der Waals surface area (Å²) in [6.45, 7) is 6.00. The number of hydrogen-bond donors (Lipinski definition) is 1. The zero-order valence-electron chi connectivity index (χ0n) is 21.5. The maximum Gasteiger partial charge on any atom is 0.274 e. The van der Waals surface area contributed by atoms with Gasteiger partial charge in [-0.2, -0.15) is 0 Å². The predicted molar refractivity (Wildman–Crippen MR) is 136 cm³/mol. The summed E-state index contributed by atoms with van der Waals surface area (Å²) in [5.74, 6) is 1.47. The number of amides is 2. The molecule has 1 aromatic heterocycles. The Morgan fingerprint density at radius 3 is 2.66 bits per heavy atom. The van der Waals surface area contributed by atoms with Crippen molar-refractivity contribution in [3.8, 4) is 5.75 Å². The maximum absolute atomic E-state index is 13.8. The molecule has 4 rings (SSSR count). The van der Waals surface area contributed by atoms with E-state index in [0.29, 0.717) is 44.1 Å². The van der Waals surface area contributed by atoms with Gasteiger partial charge < -0.3 is 19.5 Å². The van der Waals surface area contributed by atoms with Gasteiger partial charge in [0.15, 0.2) is 0 Å². The normalized spacial score (nSPS) is 21.3. The van der Waals surface area contributed by atoms with Gasteiger partial charge in [0.2, 0.25) is 5.91 Å². The number of aromatic nitrogens is 2. The number of rotatable bonds is 3. The average Bonchev–Trinajstić information content (AvgIpc) is 3.28. The number of carbonyl (C=O) groups excluding carboxylic acids is 2. The molecule has 0 unspecified atom stereocenters. The Morgan fingerprint density at radius 1 is 1.17 bits per heavy atom. The fourth-order valence-electron chi connectivity index (χ4n) is 5.49. The first kappa shape index (κ1) is 25.3. The van der Waals surface area contributed by atoms with Gasteiger partial charge in [-0.25, -0.2) is 4.98 Å². The molecule has 1 atom stereocenters. The Bertz CT molecular complexity index is 1010. The lowest BCUT2D eigenvalue weighted by atomic mass is 9.73. The van der Waals surface area contributed by atoms with Crippen LogP contribution in [0.25, 0.3) is 0 Å². The number of piperidine rings is 1. The maximum atomic E-state index is 13.8. The molecule has 190 valence electrons. The summed E-state index contributed by atoms with van der Waals surface area (Å²) < 4.78 is 8.05.